The molecule has 0 aliphatic rings. The van der Waals surface area contributed by atoms with E-state index in [2.05, 4.69) is 15.0 Å². The Kier molecular flexibility index (Phi) is 5.83. The van der Waals surface area contributed by atoms with Gasteiger partial charge in [-0.05, 0) is 36.4 Å². The van der Waals surface area contributed by atoms with E-state index in [1.54, 1.807) is 0 Å². The average molecular weight is 353 g/mol. The van der Waals surface area contributed by atoms with Crippen molar-refractivity contribution in [3.8, 4) is 0 Å². The van der Waals surface area contributed by atoms with Crippen LogP contribution in [0.3, 0.4) is 0 Å². The SMILES string of the molecule is COCCNC(=O)c1ccc(NS(=O)(=O)c2ccc(F)cc2)cn1. The van der Waals surface area contributed by atoms with Crippen molar-refractivity contribution in [1.29, 1.82) is 0 Å². The van der Waals surface area contributed by atoms with Crippen LogP contribution in [0.15, 0.2) is 47.5 Å². The number of nitrogens with zero attached hydrogens (tertiary/aromatic N) is 1. The van der Waals surface area contributed by atoms with Gasteiger partial charge >= 0.3 is 0 Å². The summed E-state index contributed by atoms with van der Waals surface area (Å²) in [5, 5.41) is 2.60. The number of anilines is 1. The quantitative estimate of drug-likeness (QED) is 0.733. The summed E-state index contributed by atoms with van der Waals surface area (Å²) in [6.07, 6.45) is 1.23. The van der Waals surface area contributed by atoms with Gasteiger partial charge in [-0.2, -0.15) is 0 Å². The number of carbonyl (C=O) groups excluding carboxylic acids is 1. The van der Waals surface area contributed by atoms with Crippen LogP contribution in [-0.2, 0) is 14.8 Å². The molecule has 9 heteroatoms. The molecule has 0 aliphatic carbocycles. The summed E-state index contributed by atoms with van der Waals surface area (Å²) in [6, 6.07) is 7.23. The maximum atomic E-state index is 12.9. The van der Waals surface area contributed by atoms with E-state index in [9.17, 15) is 17.6 Å². The largest absolute Gasteiger partial charge is 0.383 e. The predicted molar refractivity (Wildman–Crippen MR) is 85.7 cm³/mol. The molecule has 24 heavy (non-hydrogen) atoms. The van der Waals surface area contributed by atoms with Gasteiger partial charge in [0.2, 0.25) is 0 Å². The highest BCUT2D eigenvalue weighted by Crippen LogP contribution is 2.16. The standard InChI is InChI=1S/C15H16FN3O4S/c1-23-9-8-17-15(20)14-7-4-12(10-18-14)19-24(21,22)13-5-2-11(16)3-6-13/h2-7,10,19H,8-9H2,1H3,(H,17,20). The second-order valence-corrected chi connectivity index (χ2v) is 6.42. The summed E-state index contributed by atoms with van der Waals surface area (Å²) in [6.45, 7) is 0.719. The number of carbonyl (C=O) groups is 1. The Morgan fingerprint density at radius 2 is 1.92 bits per heavy atom. The molecule has 0 aliphatic heterocycles. The van der Waals surface area contributed by atoms with E-state index in [1.165, 1.54) is 25.4 Å². The number of nitrogens with one attached hydrogen (secondary N) is 2. The molecule has 0 atom stereocenters. The first-order valence-electron chi connectivity index (χ1n) is 6.94. The normalized spacial score (nSPS) is 11.1. The lowest BCUT2D eigenvalue weighted by Crippen LogP contribution is -2.27. The van der Waals surface area contributed by atoms with Crippen LogP contribution in [-0.4, -0.2) is 39.6 Å². The van der Waals surface area contributed by atoms with Crippen LogP contribution < -0.4 is 10.0 Å². The molecule has 0 radical (unpaired) electrons. The minimum absolute atomic E-state index is 0.0784. The van der Waals surface area contributed by atoms with Gasteiger partial charge in [0.05, 0.1) is 23.4 Å². The van der Waals surface area contributed by atoms with Crippen molar-refractivity contribution in [3.05, 3.63) is 54.1 Å². The molecule has 1 aromatic carbocycles. The molecule has 7 nitrogen and oxygen atoms in total. The number of sulfonamides is 1. The Hall–Kier alpha value is -2.52. The second-order valence-electron chi connectivity index (χ2n) is 4.74. The Morgan fingerprint density at radius 3 is 2.50 bits per heavy atom. The molecular weight excluding hydrogens is 337 g/mol. The van der Waals surface area contributed by atoms with Crippen LogP contribution in [0.1, 0.15) is 10.5 Å². The van der Waals surface area contributed by atoms with Crippen LogP contribution in [0.25, 0.3) is 0 Å². The zero-order chi connectivity index (χ0) is 17.6. The second kappa shape index (κ2) is 7.84. The van der Waals surface area contributed by atoms with Crippen molar-refractivity contribution >= 4 is 21.6 Å². The van der Waals surface area contributed by atoms with Crippen molar-refractivity contribution in [1.82, 2.24) is 10.3 Å². The molecule has 0 unspecified atom stereocenters. The Bertz CT molecular complexity index is 792. The molecule has 1 heterocycles. The van der Waals surface area contributed by atoms with Gasteiger partial charge in [0, 0.05) is 13.7 Å². The highest BCUT2D eigenvalue weighted by molar-refractivity contribution is 7.92. The summed E-state index contributed by atoms with van der Waals surface area (Å²) in [4.78, 5) is 15.6. The Labute approximate surface area is 138 Å². The van der Waals surface area contributed by atoms with E-state index in [1.807, 2.05) is 0 Å². The lowest BCUT2D eigenvalue weighted by atomic mass is 10.3. The predicted octanol–water partition coefficient (Wildman–Crippen LogP) is 1.40. The molecule has 2 aromatic rings. The van der Waals surface area contributed by atoms with Gasteiger partial charge in [-0.25, -0.2) is 17.8 Å². The van der Waals surface area contributed by atoms with Crippen LogP contribution in [0, 0.1) is 5.82 Å². The van der Waals surface area contributed by atoms with Crippen LogP contribution in [0.4, 0.5) is 10.1 Å². The lowest BCUT2D eigenvalue weighted by Gasteiger charge is -2.08. The number of ether oxygens (including phenoxy) is 1. The van der Waals surface area contributed by atoms with Crippen LogP contribution >= 0.6 is 0 Å². The van der Waals surface area contributed by atoms with E-state index in [4.69, 9.17) is 4.74 Å². The third kappa shape index (κ3) is 4.74. The fraction of sp³-hybridized carbons (Fsp3) is 0.200. The van der Waals surface area contributed by atoms with Gasteiger partial charge in [-0.3, -0.25) is 9.52 Å². The van der Waals surface area contributed by atoms with Crippen molar-refractivity contribution in [2.75, 3.05) is 25.0 Å². The fourth-order valence-electron chi connectivity index (χ4n) is 1.77. The fourth-order valence-corrected chi connectivity index (χ4v) is 2.82. The van der Waals surface area contributed by atoms with Crippen LogP contribution in [0.2, 0.25) is 0 Å². The highest BCUT2D eigenvalue weighted by atomic mass is 32.2. The van der Waals surface area contributed by atoms with Gasteiger partial charge < -0.3 is 10.1 Å². The molecule has 1 amide bonds. The van der Waals surface area contributed by atoms with Gasteiger partial charge in [-0.15, -0.1) is 0 Å². The first-order chi connectivity index (χ1) is 11.4. The molecule has 0 saturated heterocycles. The molecule has 0 saturated carbocycles. The summed E-state index contributed by atoms with van der Waals surface area (Å²) in [5.74, 6) is -0.917. The van der Waals surface area contributed by atoms with Crippen molar-refractivity contribution in [2.45, 2.75) is 4.90 Å². The highest BCUT2D eigenvalue weighted by Gasteiger charge is 2.15. The van der Waals surface area contributed by atoms with Gasteiger partial charge in [0.25, 0.3) is 15.9 Å². The first-order valence-corrected chi connectivity index (χ1v) is 8.42. The Balaban J connectivity index is 2.05. The third-order valence-corrected chi connectivity index (χ3v) is 4.36. The zero-order valence-electron chi connectivity index (χ0n) is 12.8. The molecular formula is C15H16FN3O4S. The van der Waals surface area contributed by atoms with Gasteiger partial charge in [0.1, 0.15) is 11.5 Å². The molecule has 0 spiro atoms. The first kappa shape index (κ1) is 17.8. The van der Waals surface area contributed by atoms with Crippen molar-refractivity contribution < 1.29 is 22.3 Å². The number of hydrogen-bond acceptors (Lipinski definition) is 5. The third-order valence-electron chi connectivity index (χ3n) is 2.96. The number of methoxy groups -OCH3 is 1. The molecule has 0 fully saturated rings. The topological polar surface area (TPSA) is 97.4 Å². The van der Waals surface area contributed by atoms with Gasteiger partial charge in [-0.1, -0.05) is 0 Å². The van der Waals surface area contributed by atoms with E-state index in [0.717, 1.165) is 24.3 Å². The smallest absolute Gasteiger partial charge is 0.269 e. The monoisotopic (exact) mass is 353 g/mol. The molecule has 0 bridgehead atoms. The van der Waals surface area contributed by atoms with E-state index in [0.29, 0.717) is 13.2 Å². The van der Waals surface area contributed by atoms with Crippen molar-refractivity contribution in [2.24, 2.45) is 0 Å². The molecule has 128 valence electrons. The van der Waals surface area contributed by atoms with E-state index >= 15 is 0 Å². The molecule has 2 N–H and O–H groups in total. The average Bonchev–Trinajstić information content (AvgIpc) is 2.55. The number of halogens is 1. The number of pyridine rings is 1. The number of amides is 1. The molecule has 1 aromatic heterocycles. The summed E-state index contributed by atoms with van der Waals surface area (Å²) in [5.41, 5.74) is 0.337. The number of aromatic nitrogens is 1. The number of rotatable bonds is 7. The maximum Gasteiger partial charge on any atom is 0.269 e. The summed E-state index contributed by atoms with van der Waals surface area (Å²) >= 11 is 0. The maximum absolute atomic E-state index is 12.9. The van der Waals surface area contributed by atoms with Crippen molar-refractivity contribution in [3.63, 3.8) is 0 Å². The summed E-state index contributed by atoms with van der Waals surface area (Å²) in [7, 11) is -2.33. The van der Waals surface area contributed by atoms with Crippen LogP contribution in [0.5, 0.6) is 0 Å². The lowest BCUT2D eigenvalue weighted by molar-refractivity contribution is 0.0932. The van der Waals surface area contributed by atoms with E-state index < -0.39 is 15.8 Å². The minimum atomic E-state index is -3.85. The van der Waals surface area contributed by atoms with Gasteiger partial charge in [0.15, 0.2) is 0 Å². The minimum Gasteiger partial charge on any atom is -0.383 e. The summed E-state index contributed by atoms with van der Waals surface area (Å²) < 4.78 is 44.3. The zero-order valence-corrected chi connectivity index (χ0v) is 13.6. The number of hydrogen-bond donors (Lipinski definition) is 2. The Morgan fingerprint density at radius 1 is 1.21 bits per heavy atom. The number of benzene rings is 1. The van der Waals surface area contributed by atoms with E-state index in [-0.39, 0.29) is 22.2 Å². The molecule has 2 rings (SSSR count).